The summed E-state index contributed by atoms with van der Waals surface area (Å²) in [5.74, 6) is 2.44. The standard InChI is InChI=1S/C3H7.C2H5.CH3.Al/c1-3-2;1-2;;/h3H,1-2H3;1H2,2H3;1H3;. The Morgan fingerprint density at radius 3 is 1.86 bits per heavy atom. The van der Waals surface area contributed by atoms with E-state index in [1.54, 1.807) is 0 Å². The van der Waals surface area contributed by atoms with Gasteiger partial charge in [0.05, 0.1) is 0 Å². The smallest absolute Gasteiger partial charge is 0.106 e. The maximum atomic E-state index is 2.44. The lowest BCUT2D eigenvalue weighted by Gasteiger charge is -2.03. The molecular formula is C6H15Al. The molecule has 0 atom stereocenters. The molecule has 0 spiro atoms. The van der Waals surface area contributed by atoms with E-state index >= 15 is 0 Å². The van der Waals surface area contributed by atoms with Gasteiger partial charge in [0.15, 0.2) is 0 Å². The van der Waals surface area contributed by atoms with Gasteiger partial charge >= 0.3 is 0 Å². The van der Waals surface area contributed by atoms with Crippen molar-refractivity contribution in [1.82, 2.24) is 0 Å². The van der Waals surface area contributed by atoms with Gasteiger partial charge in [-0.15, -0.1) is 5.79 Å². The van der Waals surface area contributed by atoms with E-state index in [1.807, 2.05) is 0 Å². The Balaban J connectivity index is 3.14. The minimum atomic E-state index is -0.255. The molecule has 0 aliphatic carbocycles. The maximum Gasteiger partial charge on any atom is 0.261 e. The van der Waals surface area contributed by atoms with Crippen LogP contribution in [0, 0.1) is 0 Å². The molecule has 0 aromatic carbocycles. The highest BCUT2D eigenvalue weighted by Crippen LogP contribution is 2.09. The van der Waals surface area contributed by atoms with Crippen molar-refractivity contribution >= 4 is 14.1 Å². The molecule has 0 saturated heterocycles. The summed E-state index contributed by atoms with van der Waals surface area (Å²) in [6, 6.07) is 0. The molecule has 7 heavy (non-hydrogen) atoms. The van der Waals surface area contributed by atoms with Crippen LogP contribution in [0.2, 0.25) is 15.8 Å². The van der Waals surface area contributed by atoms with Gasteiger partial charge in [-0.1, -0.05) is 30.8 Å². The monoisotopic (exact) mass is 114 g/mol. The third-order valence-electron chi connectivity index (χ3n) is 1.78. The minimum Gasteiger partial charge on any atom is -0.106 e. The number of hydrogen-bond acceptors (Lipinski definition) is 0. The van der Waals surface area contributed by atoms with E-state index in [2.05, 4.69) is 26.6 Å². The van der Waals surface area contributed by atoms with E-state index in [-0.39, 0.29) is 14.1 Å². The molecule has 0 fully saturated rings. The fraction of sp³-hybridized carbons (Fsp3) is 1.00. The molecular weight excluding hydrogens is 99.0 g/mol. The SMILES string of the molecule is C[CH2][Al]([CH3])[CH](C)C. The third-order valence-corrected chi connectivity index (χ3v) is 5.35. The molecule has 0 bridgehead atoms. The number of hydrogen-bond donors (Lipinski definition) is 0. The summed E-state index contributed by atoms with van der Waals surface area (Å²) in [5.41, 5.74) is 0. The van der Waals surface area contributed by atoms with Gasteiger partial charge in [-0.25, -0.2) is 0 Å². The topological polar surface area (TPSA) is 0 Å². The van der Waals surface area contributed by atoms with E-state index in [0.29, 0.717) is 0 Å². The average Bonchev–Trinajstić information content (AvgIpc) is 1.65. The zero-order chi connectivity index (χ0) is 5.86. The van der Waals surface area contributed by atoms with Gasteiger partial charge in [0, 0.05) is 0 Å². The van der Waals surface area contributed by atoms with Crippen LogP contribution in [-0.2, 0) is 0 Å². The van der Waals surface area contributed by atoms with Gasteiger partial charge in [0.2, 0.25) is 0 Å². The highest BCUT2D eigenvalue weighted by atomic mass is 27.2. The van der Waals surface area contributed by atoms with Crippen molar-refractivity contribution < 1.29 is 0 Å². The summed E-state index contributed by atoms with van der Waals surface area (Å²) in [6.45, 7) is 6.97. The molecule has 0 aromatic rings. The van der Waals surface area contributed by atoms with Crippen molar-refractivity contribution in [3.63, 3.8) is 0 Å². The molecule has 0 aliphatic heterocycles. The van der Waals surface area contributed by atoms with E-state index in [9.17, 15) is 0 Å². The van der Waals surface area contributed by atoms with Gasteiger partial charge in [0.25, 0.3) is 14.1 Å². The van der Waals surface area contributed by atoms with Crippen molar-refractivity contribution in [3.8, 4) is 0 Å². The molecule has 0 unspecified atom stereocenters. The van der Waals surface area contributed by atoms with E-state index < -0.39 is 0 Å². The summed E-state index contributed by atoms with van der Waals surface area (Å²) in [6.07, 6.45) is 0. The first-order chi connectivity index (χ1) is 3.18. The summed E-state index contributed by atoms with van der Waals surface area (Å²) in [7, 11) is 0. The first kappa shape index (κ1) is 7.53. The van der Waals surface area contributed by atoms with Crippen molar-refractivity contribution in [3.05, 3.63) is 0 Å². The molecule has 0 aromatic heterocycles. The van der Waals surface area contributed by atoms with E-state index in [4.69, 9.17) is 0 Å². The average molecular weight is 114 g/mol. The Hall–Kier alpha value is 0.532. The van der Waals surface area contributed by atoms with Crippen LogP contribution in [0.1, 0.15) is 20.8 Å². The molecule has 0 amide bonds. The first-order valence-corrected chi connectivity index (χ1v) is 5.82. The Kier molecular flexibility index (Phi) is 3.79. The van der Waals surface area contributed by atoms with Crippen molar-refractivity contribution in [2.24, 2.45) is 0 Å². The summed E-state index contributed by atoms with van der Waals surface area (Å²) in [5, 5.41) is 1.46. The molecule has 0 N–H and O–H groups in total. The van der Waals surface area contributed by atoms with Crippen LogP contribution in [0.3, 0.4) is 0 Å². The maximum absolute atomic E-state index is 2.44. The van der Waals surface area contributed by atoms with Crippen LogP contribution < -0.4 is 0 Å². The molecule has 0 heterocycles. The molecule has 1 heteroatoms. The Bertz CT molecular complexity index is 41.4. The van der Waals surface area contributed by atoms with Crippen LogP contribution in [0.5, 0.6) is 0 Å². The lowest BCUT2D eigenvalue weighted by atomic mass is 10.6. The van der Waals surface area contributed by atoms with E-state index in [1.165, 1.54) is 5.28 Å². The van der Waals surface area contributed by atoms with Crippen molar-refractivity contribution in [2.75, 3.05) is 0 Å². The highest BCUT2D eigenvalue weighted by Gasteiger charge is 2.09. The zero-order valence-electron chi connectivity index (χ0n) is 5.86. The minimum absolute atomic E-state index is 0.255. The molecule has 0 saturated carbocycles. The largest absolute Gasteiger partial charge is 0.261 e. The molecule has 42 valence electrons. The van der Waals surface area contributed by atoms with Crippen molar-refractivity contribution in [1.29, 1.82) is 0 Å². The van der Waals surface area contributed by atoms with Crippen LogP contribution >= 0.6 is 0 Å². The fourth-order valence-electron chi connectivity index (χ4n) is 0.471. The molecule has 0 nitrogen and oxygen atoms in total. The van der Waals surface area contributed by atoms with E-state index in [0.717, 1.165) is 4.78 Å². The summed E-state index contributed by atoms with van der Waals surface area (Å²) in [4.78, 5) is 0. The Morgan fingerprint density at radius 1 is 1.43 bits per heavy atom. The highest BCUT2D eigenvalue weighted by molar-refractivity contribution is 6.58. The van der Waals surface area contributed by atoms with Crippen LogP contribution in [-0.4, -0.2) is 14.1 Å². The molecule has 0 rings (SSSR count). The van der Waals surface area contributed by atoms with Gasteiger partial charge in [-0.05, 0) is 0 Å². The second kappa shape index (κ2) is 3.52. The first-order valence-electron chi connectivity index (χ1n) is 3.18. The predicted octanol–water partition coefficient (Wildman–Crippen LogP) is 2.54. The van der Waals surface area contributed by atoms with Crippen LogP contribution in [0.25, 0.3) is 0 Å². The van der Waals surface area contributed by atoms with Crippen molar-refractivity contribution in [2.45, 2.75) is 36.6 Å². The molecule has 0 aliphatic rings. The summed E-state index contributed by atoms with van der Waals surface area (Å²) >= 11 is -0.255. The fourth-order valence-corrected chi connectivity index (χ4v) is 1.41. The normalized spacial score (nSPS) is 9.86. The Morgan fingerprint density at radius 2 is 1.86 bits per heavy atom. The number of rotatable bonds is 2. The lowest BCUT2D eigenvalue weighted by Crippen LogP contribution is -2.08. The summed E-state index contributed by atoms with van der Waals surface area (Å²) < 4.78 is 1.00. The van der Waals surface area contributed by atoms with Crippen LogP contribution in [0.4, 0.5) is 0 Å². The van der Waals surface area contributed by atoms with Gasteiger partial charge in [0.1, 0.15) is 0 Å². The third kappa shape index (κ3) is 3.14. The molecule has 0 radical (unpaired) electrons. The Labute approximate surface area is 51.3 Å². The quantitative estimate of drug-likeness (QED) is 0.484. The second-order valence-electron chi connectivity index (χ2n) is 2.63. The predicted molar refractivity (Wildman–Crippen MR) is 37.2 cm³/mol. The van der Waals surface area contributed by atoms with Gasteiger partial charge in [-0.2, -0.15) is 0 Å². The van der Waals surface area contributed by atoms with Gasteiger partial charge in [-0.3, -0.25) is 0 Å². The van der Waals surface area contributed by atoms with Crippen LogP contribution in [0.15, 0.2) is 0 Å². The zero-order valence-corrected chi connectivity index (χ0v) is 7.02. The lowest BCUT2D eigenvalue weighted by molar-refractivity contribution is 1.02. The van der Waals surface area contributed by atoms with Gasteiger partial charge < -0.3 is 0 Å². The second-order valence-corrected chi connectivity index (χ2v) is 6.73.